The summed E-state index contributed by atoms with van der Waals surface area (Å²) in [5, 5.41) is 5.66. The Morgan fingerprint density at radius 1 is 1.03 bits per heavy atom. The number of amides is 2. The average molecular weight is 423 g/mol. The van der Waals surface area contributed by atoms with E-state index in [0.29, 0.717) is 24.7 Å². The smallest absolute Gasteiger partial charge is 0.251 e. The molecular formula is C24H30N4O3. The van der Waals surface area contributed by atoms with E-state index in [2.05, 4.69) is 20.4 Å². The molecule has 0 atom stereocenters. The van der Waals surface area contributed by atoms with Gasteiger partial charge in [0.1, 0.15) is 0 Å². The molecule has 1 aliphatic heterocycles. The largest absolute Gasteiger partial charge is 0.378 e. The minimum atomic E-state index is -0.0929. The van der Waals surface area contributed by atoms with Crippen LogP contribution in [-0.2, 0) is 16.1 Å². The van der Waals surface area contributed by atoms with Crippen LogP contribution in [0.25, 0.3) is 0 Å². The minimum Gasteiger partial charge on any atom is -0.378 e. The fourth-order valence-electron chi connectivity index (χ4n) is 3.86. The maximum absolute atomic E-state index is 12.7. The second-order valence-corrected chi connectivity index (χ2v) is 8.11. The van der Waals surface area contributed by atoms with Gasteiger partial charge in [0.2, 0.25) is 5.91 Å². The Morgan fingerprint density at radius 2 is 1.71 bits per heavy atom. The van der Waals surface area contributed by atoms with Gasteiger partial charge < -0.3 is 20.3 Å². The molecule has 2 N–H and O–H groups in total. The number of anilines is 2. The molecule has 1 heterocycles. The number of benzene rings is 2. The first-order valence-corrected chi connectivity index (χ1v) is 10.9. The zero-order chi connectivity index (χ0) is 21.6. The summed E-state index contributed by atoms with van der Waals surface area (Å²) in [6.45, 7) is 4.35. The SMILES string of the molecule is CNC(=O)c1ccc(CN(CC(=O)Nc2ccc(N3CCOCC3)cc2)C2CC2)cc1. The highest BCUT2D eigenvalue weighted by Gasteiger charge is 2.30. The topological polar surface area (TPSA) is 73.9 Å². The van der Waals surface area contributed by atoms with E-state index in [-0.39, 0.29) is 11.8 Å². The lowest BCUT2D eigenvalue weighted by Gasteiger charge is -2.29. The number of carbonyl (C=O) groups is 2. The van der Waals surface area contributed by atoms with Gasteiger partial charge in [-0.2, -0.15) is 0 Å². The number of ether oxygens (including phenoxy) is 1. The van der Waals surface area contributed by atoms with Crippen molar-refractivity contribution in [3.05, 3.63) is 59.7 Å². The molecule has 31 heavy (non-hydrogen) atoms. The van der Waals surface area contributed by atoms with Gasteiger partial charge >= 0.3 is 0 Å². The molecule has 2 fully saturated rings. The number of morpholine rings is 1. The van der Waals surface area contributed by atoms with Crippen molar-refractivity contribution in [1.29, 1.82) is 0 Å². The zero-order valence-electron chi connectivity index (χ0n) is 18.0. The summed E-state index contributed by atoms with van der Waals surface area (Å²) in [4.78, 5) is 28.9. The molecule has 164 valence electrons. The summed E-state index contributed by atoms with van der Waals surface area (Å²) < 4.78 is 5.40. The Balaban J connectivity index is 1.32. The number of hydrogen-bond donors (Lipinski definition) is 2. The van der Waals surface area contributed by atoms with Crippen molar-refractivity contribution in [3.8, 4) is 0 Å². The summed E-state index contributed by atoms with van der Waals surface area (Å²) in [7, 11) is 1.62. The molecule has 0 spiro atoms. The van der Waals surface area contributed by atoms with E-state index in [9.17, 15) is 9.59 Å². The van der Waals surface area contributed by atoms with Crippen LogP contribution in [0.1, 0.15) is 28.8 Å². The van der Waals surface area contributed by atoms with Crippen molar-refractivity contribution in [2.45, 2.75) is 25.4 Å². The Bertz CT molecular complexity index is 888. The van der Waals surface area contributed by atoms with Crippen LogP contribution in [0.5, 0.6) is 0 Å². The highest BCUT2D eigenvalue weighted by molar-refractivity contribution is 5.94. The molecule has 4 rings (SSSR count). The normalized spacial score (nSPS) is 16.3. The molecule has 0 bridgehead atoms. The molecule has 2 aromatic rings. The van der Waals surface area contributed by atoms with Gasteiger partial charge in [-0.1, -0.05) is 12.1 Å². The standard InChI is InChI=1S/C24H30N4O3/c1-25-24(30)19-4-2-18(3-5-19)16-28(22-10-11-22)17-23(29)26-20-6-8-21(9-7-20)27-12-14-31-15-13-27/h2-9,22H,10-17H2,1H3,(H,25,30)(H,26,29). The molecule has 2 aliphatic rings. The Morgan fingerprint density at radius 3 is 2.32 bits per heavy atom. The van der Waals surface area contributed by atoms with Gasteiger partial charge in [0.25, 0.3) is 5.91 Å². The van der Waals surface area contributed by atoms with Crippen LogP contribution in [0.3, 0.4) is 0 Å². The average Bonchev–Trinajstić information content (AvgIpc) is 3.65. The summed E-state index contributed by atoms with van der Waals surface area (Å²) in [6, 6.07) is 16.0. The predicted molar refractivity (Wildman–Crippen MR) is 121 cm³/mol. The van der Waals surface area contributed by atoms with Gasteiger partial charge in [-0.3, -0.25) is 14.5 Å². The van der Waals surface area contributed by atoms with Gasteiger partial charge in [-0.25, -0.2) is 0 Å². The van der Waals surface area contributed by atoms with Gasteiger partial charge in [0.05, 0.1) is 19.8 Å². The summed E-state index contributed by atoms with van der Waals surface area (Å²) in [5.41, 5.74) is 3.71. The number of carbonyl (C=O) groups excluding carboxylic acids is 2. The van der Waals surface area contributed by atoms with Crippen LogP contribution < -0.4 is 15.5 Å². The van der Waals surface area contributed by atoms with E-state index < -0.39 is 0 Å². The van der Waals surface area contributed by atoms with Crippen molar-refractivity contribution in [2.24, 2.45) is 0 Å². The van der Waals surface area contributed by atoms with Crippen LogP contribution >= 0.6 is 0 Å². The minimum absolute atomic E-state index is 0.00648. The van der Waals surface area contributed by atoms with E-state index in [1.54, 1.807) is 7.05 Å². The van der Waals surface area contributed by atoms with E-state index in [0.717, 1.165) is 56.1 Å². The Labute approximate surface area is 183 Å². The van der Waals surface area contributed by atoms with E-state index in [1.807, 2.05) is 48.5 Å². The predicted octanol–water partition coefficient (Wildman–Crippen LogP) is 2.49. The van der Waals surface area contributed by atoms with Gasteiger partial charge in [0.15, 0.2) is 0 Å². The van der Waals surface area contributed by atoms with Crippen molar-refractivity contribution in [3.63, 3.8) is 0 Å². The number of nitrogens with zero attached hydrogens (tertiary/aromatic N) is 2. The van der Waals surface area contributed by atoms with Crippen LogP contribution in [0.2, 0.25) is 0 Å². The van der Waals surface area contributed by atoms with Crippen LogP contribution in [-0.4, -0.2) is 62.7 Å². The lowest BCUT2D eigenvalue weighted by Crippen LogP contribution is -2.36. The maximum Gasteiger partial charge on any atom is 0.251 e. The zero-order valence-corrected chi connectivity index (χ0v) is 18.0. The fraction of sp³-hybridized carbons (Fsp3) is 0.417. The first-order chi connectivity index (χ1) is 15.1. The maximum atomic E-state index is 12.7. The number of rotatable bonds is 8. The Kier molecular flexibility index (Phi) is 6.84. The molecule has 7 nitrogen and oxygen atoms in total. The van der Waals surface area contributed by atoms with E-state index in [4.69, 9.17) is 4.74 Å². The lowest BCUT2D eigenvalue weighted by molar-refractivity contribution is -0.117. The third-order valence-electron chi connectivity index (χ3n) is 5.77. The monoisotopic (exact) mass is 422 g/mol. The van der Waals surface area contributed by atoms with Gasteiger partial charge in [-0.05, 0) is 54.8 Å². The third-order valence-corrected chi connectivity index (χ3v) is 5.77. The first kappa shape index (κ1) is 21.3. The van der Waals surface area contributed by atoms with Crippen LogP contribution in [0, 0.1) is 0 Å². The molecule has 1 saturated carbocycles. The quantitative estimate of drug-likeness (QED) is 0.684. The first-order valence-electron chi connectivity index (χ1n) is 10.9. The van der Waals surface area contributed by atoms with Crippen LogP contribution in [0.15, 0.2) is 48.5 Å². The van der Waals surface area contributed by atoms with Crippen molar-refractivity contribution in [1.82, 2.24) is 10.2 Å². The van der Waals surface area contributed by atoms with Crippen molar-refractivity contribution < 1.29 is 14.3 Å². The molecule has 0 unspecified atom stereocenters. The third kappa shape index (κ3) is 5.83. The number of nitrogens with one attached hydrogen (secondary N) is 2. The molecule has 0 radical (unpaired) electrons. The molecule has 1 saturated heterocycles. The number of hydrogen-bond acceptors (Lipinski definition) is 5. The Hall–Kier alpha value is -2.90. The van der Waals surface area contributed by atoms with Crippen molar-refractivity contribution >= 4 is 23.2 Å². The molecule has 7 heteroatoms. The summed E-state index contributed by atoms with van der Waals surface area (Å²) in [6.07, 6.45) is 2.25. The van der Waals surface area contributed by atoms with E-state index >= 15 is 0 Å². The summed E-state index contributed by atoms with van der Waals surface area (Å²) >= 11 is 0. The van der Waals surface area contributed by atoms with Gasteiger partial charge in [0, 0.05) is 49.7 Å². The molecule has 2 amide bonds. The highest BCUT2D eigenvalue weighted by Crippen LogP contribution is 2.28. The summed E-state index contributed by atoms with van der Waals surface area (Å²) in [5.74, 6) is -0.0994. The molecular weight excluding hydrogens is 392 g/mol. The highest BCUT2D eigenvalue weighted by atomic mass is 16.5. The second kappa shape index (κ2) is 9.94. The van der Waals surface area contributed by atoms with Crippen LogP contribution in [0.4, 0.5) is 11.4 Å². The second-order valence-electron chi connectivity index (χ2n) is 8.11. The van der Waals surface area contributed by atoms with E-state index in [1.165, 1.54) is 0 Å². The molecule has 2 aromatic carbocycles. The van der Waals surface area contributed by atoms with Gasteiger partial charge in [-0.15, -0.1) is 0 Å². The van der Waals surface area contributed by atoms with Crippen molar-refractivity contribution in [2.75, 3.05) is 50.1 Å². The molecule has 1 aliphatic carbocycles. The lowest BCUT2D eigenvalue weighted by atomic mass is 10.1. The molecule has 0 aromatic heterocycles. The fourth-order valence-corrected chi connectivity index (χ4v) is 3.86.